The number of ether oxygens (including phenoxy) is 1. The van der Waals surface area contributed by atoms with Gasteiger partial charge in [0.15, 0.2) is 0 Å². The number of aliphatic carboxylic acids is 1. The van der Waals surface area contributed by atoms with Crippen molar-refractivity contribution in [1.29, 1.82) is 0 Å². The number of aliphatic hydroxyl groups excluding tert-OH is 4. The van der Waals surface area contributed by atoms with E-state index >= 15 is 0 Å². The zero-order valence-corrected chi connectivity index (χ0v) is 14.1. The second-order valence-electron chi connectivity index (χ2n) is 5.10. The zero-order chi connectivity index (χ0) is 18.8. The Morgan fingerprint density at radius 3 is 2.04 bits per heavy atom. The maximum Gasteiger partial charge on any atom is 0.311 e. The van der Waals surface area contributed by atoms with E-state index in [0.29, 0.717) is 0 Å². The van der Waals surface area contributed by atoms with E-state index in [1.165, 1.54) is 25.5 Å². The van der Waals surface area contributed by atoms with E-state index in [1.807, 2.05) is 0 Å². The predicted octanol–water partition coefficient (Wildman–Crippen LogP) is 0.571. The minimum atomic E-state index is -1.22. The fraction of sp³-hybridized carbons (Fsp3) is 0.750. The third-order valence-corrected chi connectivity index (χ3v) is 2.88. The van der Waals surface area contributed by atoms with E-state index in [0.717, 1.165) is 12.8 Å². The molecule has 142 valence electrons. The summed E-state index contributed by atoms with van der Waals surface area (Å²) < 4.78 is 4.72. The van der Waals surface area contributed by atoms with Crippen LogP contribution < -0.4 is 0 Å². The fourth-order valence-electron chi connectivity index (χ4n) is 1.39. The molecule has 0 spiro atoms. The van der Waals surface area contributed by atoms with Gasteiger partial charge in [-0.2, -0.15) is 0 Å². The molecular weight excluding hydrogens is 320 g/mol. The zero-order valence-electron chi connectivity index (χ0n) is 14.1. The van der Waals surface area contributed by atoms with Crippen LogP contribution in [0.25, 0.3) is 0 Å². The van der Waals surface area contributed by atoms with Gasteiger partial charge in [-0.25, -0.2) is 0 Å². The lowest BCUT2D eigenvalue weighted by Crippen LogP contribution is -2.31. The number of hydrogen-bond donors (Lipinski definition) is 5. The van der Waals surface area contributed by atoms with Crippen LogP contribution in [-0.4, -0.2) is 62.9 Å². The van der Waals surface area contributed by atoms with E-state index < -0.39 is 37.4 Å². The van der Waals surface area contributed by atoms with E-state index in [9.17, 15) is 9.59 Å². The van der Waals surface area contributed by atoms with Crippen LogP contribution in [0.3, 0.4) is 0 Å². The summed E-state index contributed by atoms with van der Waals surface area (Å²) in [6.45, 7) is 1.10. The molecule has 0 radical (unpaired) electrons. The molecule has 2 atom stereocenters. The second-order valence-corrected chi connectivity index (χ2v) is 5.10. The molecule has 0 bridgehead atoms. The number of carboxylic acid groups (broad SMARTS) is 1. The first kappa shape index (κ1) is 24.8. The number of hydrogen-bond acceptors (Lipinski definition) is 7. The Balaban J connectivity index is 0. The largest absolute Gasteiger partial charge is 0.481 e. The highest BCUT2D eigenvalue weighted by molar-refractivity contribution is 5.76. The number of rotatable bonds is 12. The van der Waals surface area contributed by atoms with Crippen LogP contribution >= 0.6 is 0 Å². The molecule has 0 aliphatic heterocycles. The summed E-state index contributed by atoms with van der Waals surface area (Å²) in [5.74, 6) is -1.48. The first-order chi connectivity index (χ1) is 11.4. The third kappa shape index (κ3) is 18.6. The molecule has 8 nitrogen and oxygen atoms in total. The lowest BCUT2D eigenvalue weighted by molar-refractivity contribution is -0.144. The first-order valence-electron chi connectivity index (χ1n) is 8.03. The lowest BCUT2D eigenvalue weighted by atomic mass is 10.1. The van der Waals surface area contributed by atoms with Crippen molar-refractivity contribution < 1.29 is 39.9 Å². The molecule has 0 saturated heterocycles. The van der Waals surface area contributed by atoms with E-state index in [4.69, 9.17) is 30.3 Å². The van der Waals surface area contributed by atoms with Gasteiger partial charge in [-0.3, -0.25) is 9.59 Å². The van der Waals surface area contributed by atoms with Crippen molar-refractivity contribution in [3.63, 3.8) is 0 Å². The topological polar surface area (TPSA) is 145 Å². The van der Waals surface area contributed by atoms with Crippen LogP contribution in [0.2, 0.25) is 0 Å². The summed E-state index contributed by atoms with van der Waals surface area (Å²) in [6, 6.07) is 0. The number of allylic oxidation sites excluding steroid dienone is 1. The van der Waals surface area contributed by atoms with Gasteiger partial charge in [-0.05, 0) is 18.9 Å². The summed E-state index contributed by atoms with van der Waals surface area (Å²) in [5.41, 5.74) is 0. The molecule has 8 heteroatoms. The number of carboxylic acids is 1. The minimum Gasteiger partial charge on any atom is -0.481 e. The molecular formula is C16H30O8. The molecule has 2 unspecified atom stereocenters. The van der Waals surface area contributed by atoms with Crippen molar-refractivity contribution in [1.82, 2.24) is 0 Å². The maximum absolute atomic E-state index is 10.9. The van der Waals surface area contributed by atoms with E-state index in [1.54, 1.807) is 6.08 Å². The van der Waals surface area contributed by atoms with Gasteiger partial charge >= 0.3 is 11.9 Å². The van der Waals surface area contributed by atoms with Gasteiger partial charge in [-0.15, -0.1) is 0 Å². The van der Waals surface area contributed by atoms with Gasteiger partial charge in [0.1, 0.15) is 12.2 Å². The number of unbranched alkanes of at least 4 members (excludes halogenated alkanes) is 4. The summed E-state index contributed by atoms with van der Waals surface area (Å²) >= 11 is 0. The smallest absolute Gasteiger partial charge is 0.311 e. The van der Waals surface area contributed by atoms with Crippen LogP contribution in [-0.2, 0) is 14.3 Å². The molecule has 24 heavy (non-hydrogen) atoms. The Morgan fingerprint density at radius 2 is 1.58 bits per heavy atom. The van der Waals surface area contributed by atoms with Crippen molar-refractivity contribution >= 4 is 11.9 Å². The van der Waals surface area contributed by atoms with Gasteiger partial charge < -0.3 is 30.3 Å². The second kappa shape index (κ2) is 17.9. The van der Waals surface area contributed by atoms with Crippen LogP contribution in [0.1, 0.15) is 51.9 Å². The van der Waals surface area contributed by atoms with Gasteiger partial charge in [0.25, 0.3) is 0 Å². The molecule has 0 saturated carbocycles. The standard InChI is InChI=1S/C12H20O4.C4H10O4/c1-2-3-4-5-6-7-10-16-12(15)9-8-11(13)14;5-1-3(7)4(8)2-6/h7,10H,2-6,8-9H2,1H3,(H,13,14);3-8H,1-2H2. The highest BCUT2D eigenvalue weighted by Crippen LogP contribution is 2.03. The maximum atomic E-state index is 10.9. The summed E-state index contributed by atoms with van der Waals surface area (Å²) in [7, 11) is 0. The van der Waals surface area contributed by atoms with Crippen molar-refractivity contribution in [3.8, 4) is 0 Å². The highest BCUT2D eigenvalue weighted by Gasteiger charge is 2.12. The molecule has 0 heterocycles. The molecule has 0 aliphatic rings. The normalized spacial score (nSPS) is 13.0. The molecule has 5 N–H and O–H groups in total. The van der Waals surface area contributed by atoms with Crippen molar-refractivity contribution in [2.75, 3.05) is 13.2 Å². The van der Waals surface area contributed by atoms with Crippen molar-refractivity contribution in [2.24, 2.45) is 0 Å². The Kier molecular flexibility index (Phi) is 18.4. The molecule has 0 rings (SSSR count). The van der Waals surface area contributed by atoms with Crippen molar-refractivity contribution in [2.45, 2.75) is 64.1 Å². The molecule has 0 fully saturated rings. The van der Waals surface area contributed by atoms with Crippen LogP contribution in [0, 0.1) is 0 Å². The Hall–Kier alpha value is -1.48. The summed E-state index contributed by atoms with van der Waals surface area (Å²) in [6.07, 6.45) is 6.07. The van der Waals surface area contributed by atoms with E-state index in [2.05, 4.69) is 6.92 Å². The Bertz CT molecular complexity index is 335. The van der Waals surface area contributed by atoms with Crippen LogP contribution in [0.5, 0.6) is 0 Å². The monoisotopic (exact) mass is 350 g/mol. The minimum absolute atomic E-state index is 0.0739. The number of carbonyl (C=O) groups is 2. The molecule has 0 aromatic heterocycles. The molecule has 0 aromatic rings. The highest BCUT2D eigenvalue weighted by atomic mass is 16.5. The fourth-order valence-corrected chi connectivity index (χ4v) is 1.39. The van der Waals surface area contributed by atoms with Crippen molar-refractivity contribution in [3.05, 3.63) is 12.3 Å². The first-order valence-corrected chi connectivity index (χ1v) is 8.03. The van der Waals surface area contributed by atoms with Crippen LogP contribution in [0.4, 0.5) is 0 Å². The van der Waals surface area contributed by atoms with Crippen LogP contribution in [0.15, 0.2) is 12.3 Å². The quantitative estimate of drug-likeness (QED) is 0.195. The third-order valence-electron chi connectivity index (χ3n) is 2.88. The average molecular weight is 350 g/mol. The molecule has 0 aromatic carbocycles. The van der Waals surface area contributed by atoms with Gasteiger partial charge in [-0.1, -0.05) is 26.2 Å². The number of aliphatic hydroxyl groups is 4. The number of carbonyl (C=O) groups excluding carboxylic acids is 1. The number of esters is 1. The predicted molar refractivity (Wildman–Crippen MR) is 87.0 cm³/mol. The Morgan fingerprint density at radius 1 is 1.00 bits per heavy atom. The molecule has 0 aliphatic carbocycles. The van der Waals surface area contributed by atoms with Gasteiger partial charge in [0, 0.05) is 0 Å². The molecule has 0 amide bonds. The SMILES string of the molecule is CCCCCCC=COC(=O)CCC(=O)O.OCC(O)C(O)CO. The van der Waals surface area contributed by atoms with Gasteiger partial charge in [0.05, 0.1) is 32.3 Å². The summed E-state index contributed by atoms with van der Waals surface area (Å²) in [4.78, 5) is 21.1. The lowest BCUT2D eigenvalue weighted by Gasteiger charge is -2.10. The van der Waals surface area contributed by atoms with Gasteiger partial charge in [0.2, 0.25) is 0 Å². The summed E-state index contributed by atoms with van der Waals surface area (Å²) in [5, 5.41) is 41.5. The Labute approximate surface area is 142 Å². The average Bonchev–Trinajstić information content (AvgIpc) is 2.58. The van der Waals surface area contributed by atoms with E-state index in [-0.39, 0.29) is 12.8 Å².